The predicted molar refractivity (Wildman–Crippen MR) is 113 cm³/mol. The van der Waals surface area contributed by atoms with Crippen LogP contribution in [-0.2, 0) is 9.47 Å². The Balaban J connectivity index is 1.43. The first kappa shape index (κ1) is 19.1. The summed E-state index contributed by atoms with van der Waals surface area (Å²) in [6.45, 7) is 4.71. The summed E-state index contributed by atoms with van der Waals surface area (Å²) < 4.78 is 13.2. The van der Waals surface area contributed by atoms with Crippen molar-refractivity contribution in [2.45, 2.75) is 26.1 Å². The molecule has 6 nitrogen and oxygen atoms in total. The zero-order chi connectivity index (χ0) is 20.0. The Hall–Kier alpha value is -1.93. The lowest BCUT2D eigenvalue weighted by Crippen LogP contribution is -2.43. The van der Waals surface area contributed by atoms with Crippen molar-refractivity contribution >= 4 is 39.1 Å². The van der Waals surface area contributed by atoms with Gasteiger partial charge in [0, 0.05) is 29.4 Å². The first-order valence-corrected chi connectivity index (χ1v) is 11.1. The maximum absolute atomic E-state index is 13.2. The van der Waals surface area contributed by atoms with Gasteiger partial charge < -0.3 is 14.4 Å². The van der Waals surface area contributed by atoms with Crippen molar-refractivity contribution < 1.29 is 14.3 Å². The summed E-state index contributed by atoms with van der Waals surface area (Å²) in [6, 6.07) is 9.56. The molecule has 2 aliphatic rings. The van der Waals surface area contributed by atoms with Crippen molar-refractivity contribution in [2.24, 2.45) is 5.92 Å². The Morgan fingerprint density at radius 3 is 2.90 bits per heavy atom. The number of amides is 1. The molecule has 29 heavy (non-hydrogen) atoms. The fourth-order valence-electron chi connectivity index (χ4n) is 4.16. The van der Waals surface area contributed by atoms with Crippen molar-refractivity contribution in [3.63, 3.8) is 0 Å². The standard InChI is InChI=1S/C21H22ClN3O3S/c1-13-17-11-18(29-20(17)25(23-13)16-6-2-5-15(22)10-16)19(26)24-7-3-4-14(12-24)21-27-8-9-28-21/h2,5-6,10-11,14,21H,3-4,7-9,12H2,1H3. The number of carbonyl (C=O) groups is 1. The lowest BCUT2D eigenvalue weighted by Gasteiger charge is -2.34. The molecule has 8 heteroatoms. The molecular formula is C21H22ClN3O3S. The van der Waals surface area contributed by atoms with Crippen LogP contribution in [0.5, 0.6) is 0 Å². The number of likely N-dealkylation sites (tertiary alicyclic amines) is 1. The highest BCUT2D eigenvalue weighted by molar-refractivity contribution is 7.20. The quantitative estimate of drug-likeness (QED) is 0.621. The largest absolute Gasteiger partial charge is 0.350 e. The number of benzene rings is 1. The van der Waals surface area contributed by atoms with Crippen LogP contribution in [-0.4, -0.2) is 53.2 Å². The number of rotatable bonds is 3. The maximum Gasteiger partial charge on any atom is 0.264 e. The number of aryl methyl sites for hydroxylation is 1. The number of nitrogens with zero attached hydrogens (tertiary/aromatic N) is 3. The van der Waals surface area contributed by atoms with E-state index in [4.69, 9.17) is 21.1 Å². The van der Waals surface area contributed by atoms with Gasteiger partial charge in [-0.25, -0.2) is 4.68 Å². The van der Waals surface area contributed by atoms with E-state index in [9.17, 15) is 4.79 Å². The molecule has 3 aromatic rings. The van der Waals surface area contributed by atoms with E-state index in [1.165, 1.54) is 11.3 Å². The van der Waals surface area contributed by atoms with Crippen LogP contribution in [0.25, 0.3) is 15.9 Å². The second-order valence-corrected chi connectivity index (χ2v) is 9.04. The van der Waals surface area contributed by atoms with E-state index in [-0.39, 0.29) is 18.1 Å². The number of hydrogen-bond acceptors (Lipinski definition) is 5. The molecule has 0 saturated carbocycles. The van der Waals surface area contributed by atoms with Crippen molar-refractivity contribution in [1.29, 1.82) is 0 Å². The lowest BCUT2D eigenvalue weighted by molar-refractivity contribution is -0.0968. The van der Waals surface area contributed by atoms with Crippen molar-refractivity contribution in [1.82, 2.24) is 14.7 Å². The van der Waals surface area contributed by atoms with E-state index in [1.807, 2.05) is 46.8 Å². The fraction of sp³-hybridized carbons (Fsp3) is 0.429. The molecule has 2 fully saturated rings. The molecule has 4 heterocycles. The average Bonchev–Trinajstić information content (AvgIpc) is 3.46. The molecule has 2 saturated heterocycles. The van der Waals surface area contributed by atoms with Gasteiger partial charge in [-0.2, -0.15) is 5.10 Å². The molecule has 1 amide bonds. The molecule has 0 radical (unpaired) electrons. The van der Waals surface area contributed by atoms with E-state index >= 15 is 0 Å². The molecular weight excluding hydrogens is 410 g/mol. The van der Waals surface area contributed by atoms with E-state index in [0.717, 1.165) is 45.9 Å². The van der Waals surface area contributed by atoms with E-state index in [2.05, 4.69) is 5.10 Å². The maximum atomic E-state index is 13.2. The highest BCUT2D eigenvalue weighted by atomic mass is 35.5. The number of piperidine rings is 1. The van der Waals surface area contributed by atoms with Crippen LogP contribution >= 0.6 is 22.9 Å². The minimum absolute atomic E-state index is 0.0749. The van der Waals surface area contributed by atoms with E-state index in [1.54, 1.807) is 0 Å². The molecule has 2 aliphatic heterocycles. The van der Waals surface area contributed by atoms with Crippen LogP contribution in [0.15, 0.2) is 30.3 Å². The summed E-state index contributed by atoms with van der Waals surface area (Å²) in [5.41, 5.74) is 1.80. The van der Waals surface area contributed by atoms with Gasteiger partial charge in [-0.3, -0.25) is 4.79 Å². The predicted octanol–water partition coefficient (Wildman–Crippen LogP) is 4.27. The summed E-state index contributed by atoms with van der Waals surface area (Å²) in [4.78, 5) is 16.9. The van der Waals surface area contributed by atoms with Crippen LogP contribution in [0.4, 0.5) is 0 Å². The van der Waals surface area contributed by atoms with Crippen LogP contribution in [0.1, 0.15) is 28.2 Å². The molecule has 0 bridgehead atoms. The first-order valence-electron chi connectivity index (χ1n) is 9.88. The summed E-state index contributed by atoms with van der Waals surface area (Å²) in [5, 5.41) is 6.32. The lowest BCUT2D eigenvalue weighted by atomic mass is 9.97. The second kappa shape index (κ2) is 7.72. The Kier molecular flexibility index (Phi) is 5.07. The normalized spacial score (nSPS) is 20.6. The third-order valence-corrected chi connectivity index (χ3v) is 6.92. The first-order chi connectivity index (χ1) is 14.1. The monoisotopic (exact) mass is 431 g/mol. The summed E-state index contributed by atoms with van der Waals surface area (Å²) in [7, 11) is 0. The molecule has 0 aliphatic carbocycles. The Labute approximate surface area is 178 Å². The summed E-state index contributed by atoms with van der Waals surface area (Å²) >= 11 is 7.64. The zero-order valence-electron chi connectivity index (χ0n) is 16.1. The number of hydrogen-bond donors (Lipinski definition) is 0. The average molecular weight is 432 g/mol. The Bertz CT molecular complexity index is 1060. The van der Waals surface area contributed by atoms with Crippen LogP contribution < -0.4 is 0 Å². The third-order valence-electron chi connectivity index (χ3n) is 5.59. The highest BCUT2D eigenvalue weighted by Gasteiger charge is 2.33. The van der Waals surface area contributed by atoms with Gasteiger partial charge in [0.2, 0.25) is 0 Å². The van der Waals surface area contributed by atoms with Gasteiger partial charge in [0.25, 0.3) is 5.91 Å². The smallest absolute Gasteiger partial charge is 0.264 e. The SMILES string of the molecule is Cc1nn(-c2cccc(Cl)c2)c2sc(C(=O)N3CCCC(C4OCCO4)C3)cc12. The van der Waals surface area contributed by atoms with Crippen LogP contribution in [0, 0.1) is 12.8 Å². The minimum Gasteiger partial charge on any atom is -0.350 e. The van der Waals surface area contributed by atoms with Gasteiger partial charge in [-0.15, -0.1) is 11.3 Å². The van der Waals surface area contributed by atoms with Crippen LogP contribution in [0.2, 0.25) is 5.02 Å². The molecule has 1 unspecified atom stereocenters. The molecule has 152 valence electrons. The summed E-state index contributed by atoms with van der Waals surface area (Å²) in [5.74, 6) is 0.319. The number of thiophene rings is 1. The topological polar surface area (TPSA) is 56.6 Å². The van der Waals surface area contributed by atoms with E-state index in [0.29, 0.717) is 24.8 Å². The molecule has 2 aromatic heterocycles. The van der Waals surface area contributed by atoms with Gasteiger partial charge in [-0.05, 0) is 44.0 Å². The van der Waals surface area contributed by atoms with Gasteiger partial charge in [0.15, 0.2) is 6.29 Å². The second-order valence-electron chi connectivity index (χ2n) is 7.57. The van der Waals surface area contributed by atoms with Gasteiger partial charge in [0.05, 0.1) is 29.5 Å². The molecule has 1 atom stereocenters. The highest BCUT2D eigenvalue weighted by Crippen LogP contribution is 2.33. The Morgan fingerprint density at radius 1 is 1.28 bits per heavy atom. The molecule has 1 aromatic carbocycles. The van der Waals surface area contributed by atoms with Gasteiger partial charge in [0.1, 0.15) is 4.83 Å². The van der Waals surface area contributed by atoms with Crippen molar-refractivity contribution in [3.05, 3.63) is 45.9 Å². The van der Waals surface area contributed by atoms with Crippen LogP contribution in [0.3, 0.4) is 0 Å². The molecule has 0 spiro atoms. The number of aromatic nitrogens is 2. The number of fused-ring (bicyclic) bond motifs is 1. The minimum atomic E-state index is -0.174. The third kappa shape index (κ3) is 3.57. The molecule has 5 rings (SSSR count). The number of halogens is 1. The Morgan fingerprint density at radius 2 is 2.10 bits per heavy atom. The number of carbonyl (C=O) groups excluding carboxylic acids is 1. The number of ether oxygens (including phenoxy) is 2. The van der Waals surface area contributed by atoms with Crippen molar-refractivity contribution in [3.8, 4) is 5.69 Å². The van der Waals surface area contributed by atoms with E-state index < -0.39 is 0 Å². The van der Waals surface area contributed by atoms with Gasteiger partial charge in [-0.1, -0.05) is 17.7 Å². The molecule has 0 N–H and O–H groups in total. The fourth-order valence-corrected chi connectivity index (χ4v) is 5.49. The van der Waals surface area contributed by atoms with Crippen molar-refractivity contribution in [2.75, 3.05) is 26.3 Å². The zero-order valence-corrected chi connectivity index (χ0v) is 17.7. The summed E-state index contributed by atoms with van der Waals surface area (Å²) in [6.07, 6.45) is 1.83. The van der Waals surface area contributed by atoms with Gasteiger partial charge >= 0.3 is 0 Å².